The number of nitrogens with zero attached hydrogens (tertiary/aromatic N) is 16. The van der Waals surface area contributed by atoms with Gasteiger partial charge in [-0.05, 0) is 102 Å². The highest BCUT2D eigenvalue weighted by Crippen LogP contribution is 2.41. The molecule has 0 radical (unpaired) electrons. The molecule has 0 bridgehead atoms. The van der Waals surface area contributed by atoms with E-state index in [9.17, 15) is 1.37 Å². The predicted octanol–water partition coefficient (Wildman–Crippen LogP) is 15.3. The van der Waals surface area contributed by atoms with Gasteiger partial charge in [-0.2, -0.15) is 18.3 Å². The molecule has 15 rings (SSSR count). The van der Waals surface area contributed by atoms with Gasteiger partial charge < -0.3 is 18.3 Å². The van der Waals surface area contributed by atoms with Crippen molar-refractivity contribution in [2.45, 2.75) is 163 Å². The number of pyridine rings is 4. The molecule has 0 N–H and O–H groups in total. The molecule has 12 aromatic heterocycles. The standard InChI is InChI=1S/C21H29N4.C20H27N4.C20H29N4.C19H19N4/c1-15(2)18-13-23(3)19(12-17(18)16-8-6-5-7-9-16)20-14-25-11-10-22-21(25)24(20)4;1-14(2)17-12-22(3)18(11-16(17)15-7-5-6-8-15)19-13-24-10-9-21-20(24)23(19)4;1-14(2)16-12-22(6)17(10-15(16)11-20(3,4)5)18-13-24-9-8-21-19(24)23(18)7;1-14-12-21(2)17(11-16(14)15-7-5-4-6-8-15)18-13-23-10-9-20-19(23)22(18)3/h10-16H,5-9H2,1-4H3;9-15H,5-8H2,1-4H3;8-10,12-14H,11H2,1-7H3;4-13H,1-3H3/q4*+1/i15D,16D;14D,15D;11D2,14D;1D3. The van der Waals surface area contributed by atoms with Gasteiger partial charge in [-0.15, -0.1) is 0 Å². The number of fused-ring (bicyclic) bond motifs is 4. The summed E-state index contributed by atoms with van der Waals surface area (Å²) in [4.78, 5) is 17.6. The van der Waals surface area contributed by atoms with E-state index >= 15 is 0 Å². The first-order valence-electron chi connectivity index (χ1n) is 38.7. The third-order valence-electron chi connectivity index (χ3n) is 19.1. The molecule has 2 fully saturated rings. The van der Waals surface area contributed by atoms with Crippen molar-refractivity contribution in [3.05, 3.63) is 193 Å². The van der Waals surface area contributed by atoms with Crippen molar-refractivity contribution in [1.82, 2.24) is 55.8 Å². The van der Waals surface area contributed by atoms with E-state index in [2.05, 4.69) is 75.1 Å². The van der Waals surface area contributed by atoms with Crippen LogP contribution in [0.25, 0.3) is 79.8 Å². The fourth-order valence-corrected chi connectivity index (χ4v) is 14.0. The molecule has 12 heterocycles. The highest BCUT2D eigenvalue weighted by molar-refractivity contribution is 5.71. The summed E-state index contributed by atoms with van der Waals surface area (Å²) in [6.45, 7) is 14.8. The van der Waals surface area contributed by atoms with Crippen molar-refractivity contribution in [1.29, 1.82) is 0 Å². The number of rotatable bonds is 11. The van der Waals surface area contributed by atoms with Crippen molar-refractivity contribution >= 4 is 23.1 Å². The van der Waals surface area contributed by atoms with Gasteiger partial charge in [0.05, 0.1) is 0 Å². The minimum atomic E-state index is -2.19. The minimum Gasteiger partial charge on any atom is -0.308 e. The van der Waals surface area contributed by atoms with E-state index in [1.165, 1.54) is 6.42 Å². The lowest BCUT2D eigenvalue weighted by Crippen LogP contribution is -2.33. The number of aryl methyl sites for hydroxylation is 9. The third kappa shape index (κ3) is 13.4. The second-order valence-electron chi connectivity index (χ2n) is 27.9. The molecule has 16 heteroatoms. The zero-order valence-electron chi connectivity index (χ0n) is 69.5. The quantitative estimate of drug-likeness (QED) is 0.120. The fourth-order valence-electron chi connectivity index (χ4n) is 14.0. The van der Waals surface area contributed by atoms with Gasteiger partial charge in [-0.1, -0.05) is 125 Å². The first kappa shape index (κ1) is 55.0. The Morgan fingerprint density at radius 2 is 0.833 bits per heavy atom. The average molecular weight is 1300 g/mol. The van der Waals surface area contributed by atoms with Gasteiger partial charge in [0.15, 0.2) is 24.8 Å². The van der Waals surface area contributed by atoms with E-state index < -0.39 is 48.1 Å². The third-order valence-corrected chi connectivity index (χ3v) is 19.1. The smallest absolute Gasteiger partial charge is 0.231 e. The van der Waals surface area contributed by atoms with Crippen LogP contribution in [-0.2, 0) is 62.8 Å². The van der Waals surface area contributed by atoms with E-state index in [1.807, 2.05) is 227 Å². The lowest BCUT2D eigenvalue weighted by atomic mass is 9.80. The molecule has 0 spiro atoms. The molecule has 2 saturated carbocycles. The number of hydrogen-bond acceptors (Lipinski definition) is 4. The van der Waals surface area contributed by atoms with Crippen molar-refractivity contribution in [3.63, 3.8) is 0 Å². The van der Waals surface area contributed by atoms with Crippen LogP contribution in [0.4, 0.5) is 0 Å². The van der Waals surface area contributed by atoms with E-state index in [4.69, 9.17) is 12.3 Å². The van der Waals surface area contributed by atoms with Crippen molar-refractivity contribution in [2.24, 2.45) is 61.8 Å². The van der Waals surface area contributed by atoms with E-state index in [1.54, 1.807) is 44.8 Å². The Morgan fingerprint density at radius 3 is 1.19 bits per heavy atom. The van der Waals surface area contributed by atoms with Gasteiger partial charge in [0.2, 0.25) is 45.9 Å². The summed E-state index contributed by atoms with van der Waals surface area (Å²) in [5, 5.41) is 0. The molecule has 0 saturated heterocycles. The summed E-state index contributed by atoms with van der Waals surface area (Å²) < 4.78 is 110. The van der Waals surface area contributed by atoms with E-state index in [0.29, 0.717) is 16.7 Å². The summed E-state index contributed by atoms with van der Waals surface area (Å²) in [5.41, 5.74) is 14.5. The van der Waals surface area contributed by atoms with Crippen molar-refractivity contribution in [2.75, 3.05) is 0 Å². The molecule has 2 aliphatic carbocycles. The maximum absolute atomic E-state index is 9.23. The van der Waals surface area contributed by atoms with Crippen LogP contribution in [0.3, 0.4) is 0 Å². The molecule has 2 aliphatic rings. The molecular weight excluding hydrogens is 1180 g/mol. The van der Waals surface area contributed by atoms with Crippen LogP contribution in [-0.4, -0.2) is 55.8 Å². The molecule has 0 amide bonds. The van der Waals surface area contributed by atoms with Crippen LogP contribution in [0.15, 0.2) is 154 Å². The molecule has 13 aromatic rings. The molecule has 500 valence electrons. The maximum atomic E-state index is 9.23. The van der Waals surface area contributed by atoms with Gasteiger partial charge in [0, 0.05) is 163 Å². The summed E-state index contributed by atoms with van der Waals surface area (Å²) in [5.74, 6) is -0.0979. The zero-order valence-corrected chi connectivity index (χ0v) is 59.5. The van der Waals surface area contributed by atoms with Crippen molar-refractivity contribution in [3.8, 4) is 56.7 Å². The van der Waals surface area contributed by atoms with E-state index in [-0.39, 0.29) is 0 Å². The summed E-state index contributed by atoms with van der Waals surface area (Å²) in [7, 11) is 15.8. The zero-order chi connectivity index (χ0) is 76.9. The summed E-state index contributed by atoms with van der Waals surface area (Å²) in [6, 6.07) is 17.8. The number of benzene rings is 1. The van der Waals surface area contributed by atoms with Crippen LogP contribution in [0.5, 0.6) is 0 Å². The van der Waals surface area contributed by atoms with Crippen LogP contribution in [0.1, 0.15) is 202 Å². The molecule has 0 atom stereocenters. The van der Waals surface area contributed by atoms with Crippen LogP contribution < -0.4 is 18.3 Å². The molecule has 1 aromatic carbocycles. The van der Waals surface area contributed by atoms with Crippen LogP contribution >= 0.6 is 0 Å². The predicted molar refractivity (Wildman–Crippen MR) is 386 cm³/mol. The Bertz CT molecular complexity index is 5380. The molecule has 96 heavy (non-hydrogen) atoms. The highest BCUT2D eigenvalue weighted by atomic mass is 15.2. The molecule has 0 aliphatic heterocycles. The molecule has 0 unspecified atom stereocenters. The van der Waals surface area contributed by atoms with Gasteiger partial charge >= 0.3 is 0 Å². The van der Waals surface area contributed by atoms with Crippen LogP contribution in [0.2, 0.25) is 0 Å². The SMILES string of the molecule is [2H]C(C)(C)c1c[n+](C)c(-c2cn3ccnc3n2C)cc1C([2H])([2H])C(C)(C)C.[2H]C(C)(C)c1c[n+](C)c(-c2cn3ccnc3n2C)cc1C1([2H])CCCC1.[2H]C(C)(C)c1c[n+](C)c(-c2cn3ccnc3n2C)cc1C1([2H])CCCCC1.[2H]C([2H])([2H])c1c[n+](C)c(-c2cn3ccnc3n2C)cc1-c1ccccc1. The fraction of sp³-hybridized carbons (Fsp3) is 0.425. The summed E-state index contributed by atoms with van der Waals surface area (Å²) in [6.07, 6.45) is 38.2. The van der Waals surface area contributed by atoms with Gasteiger partial charge in [0.25, 0.3) is 0 Å². The second kappa shape index (κ2) is 27.5. The average Bonchev–Trinajstić information content (AvgIpc) is 1.21. The van der Waals surface area contributed by atoms with Crippen LogP contribution in [0, 0.1) is 12.3 Å². The number of imidazole rings is 8. The first-order valence-corrected chi connectivity index (χ1v) is 33.7. The lowest BCUT2D eigenvalue weighted by Gasteiger charge is -2.25. The summed E-state index contributed by atoms with van der Waals surface area (Å²) >= 11 is 0. The molecule has 16 nitrogen and oxygen atoms in total. The Hall–Kier alpha value is -9.18. The van der Waals surface area contributed by atoms with Gasteiger partial charge in [-0.3, -0.25) is 17.6 Å². The molecular formula is C80H104N16+4. The number of hydrogen-bond donors (Lipinski definition) is 0. The van der Waals surface area contributed by atoms with Gasteiger partial charge in [-0.25, -0.2) is 19.9 Å². The van der Waals surface area contributed by atoms with E-state index in [0.717, 1.165) is 153 Å². The second-order valence-corrected chi connectivity index (χ2v) is 27.9. The lowest BCUT2D eigenvalue weighted by molar-refractivity contribution is -0.661. The Morgan fingerprint density at radius 1 is 0.490 bits per heavy atom. The maximum Gasteiger partial charge on any atom is 0.231 e. The number of aromatic nitrogens is 16. The monoisotopic (exact) mass is 1300 g/mol. The Kier molecular flexibility index (Phi) is 15.8. The normalized spacial score (nSPS) is 16.8. The van der Waals surface area contributed by atoms with Crippen molar-refractivity contribution < 1.29 is 32.0 Å². The topological polar surface area (TPSA) is 104 Å². The minimum absolute atomic E-state index is 0.342. The first-order chi connectivity index (χ1) is 49.5. The Balaban J connectivity index is 0.000000132. The highest BCUT2D eigenvalue weighted by Gasteiger charge is 2.30. The van der Waals surface area contributed by atoms with Gasteiger partial charge in [0.1, 0.15) is 51.0 Å². The largest absolute Gasteiger partial charge is 0.308 e. The Labute approximate surface area is 582 Å².